The molecule has 82 valence electrons. The Morgan fingerprint density at radius 1 is 1.36 bits per heavy atom. The van der Waals surface area contributed by atoms with Crippen molar-refractivity contribution in [1.82, 2.24) is 5.32 Å². The van der Waals surface area contributed by atoms with E-state index in [2.05, 4.69) is 19.2 Å². The fourth-order valence-corrected chi connectivity index (χ4v) is 2.76. The monoisotopic (exact) mass is 197 g/mol. The second-order valence-electron chi connectivity index (χ2n) is 4.83. The molecule has 0 aromatic heterocycles. The van der Waals surface area contributed by atoms with Crippen molar-refractivity contribution in [3.05, 3.63) is 0 Å². The Labute approximate surface area is 87.4 Å². The van der Waals surface area contributed by atoms with Crippen LogP contribution >= 0.6 is 0 Å². The molecule has 0 radical (unpaired) electrons. The van der Waals surface area contributed by atoms with Crippen LogP contribution in [0, 0.1) is 5.92 Å². The van der Waals surface area contributed by atoms with Gasteiger partial charge in [-0.05, 0) is 31.6 Å². The summed E-state index contributed by atoms with van der Waals surface area (Å²) in [6.45, 7) is 6.62. The highest BCUT2D eigenvalue weighted by atomic mass is 16.5. The van der Waals surface area contributed by atoms with E-state index in [0.717, 1.165) is 25.4 Å². The van der Waals surface area contributed by atoms with Crippen LogP contribution in [0.25, 0.3) is 0 Å². The Hall–Kier alpha value is -0.0800. The third kappa shape index (κ3) is 1.70. The highest BCUT2D eigenvalue weighted by Gasteiger charge is 2.44. The van der Waals surface area contributed by atoms with Crippen molar-refractivity contribution in [2.45, 2.75) is 57.7 Å². The van der Waals surface area contributed by atoms with E-state index in [4.69, 9.17) is 4.74 Å². The Bertz CT molecular complexity index is 191. The first-order valence-corrected chi connectivity index (χ1v) is 6.19. The molecule has 2 atom stereocenters. The molecule has 1 aliphatic carbocycles. The van der Waals surface area contributed by atoms with E-state index in [1.54, 1.807) is 0 Å². The first-order chi connectivity index (χ1) is 6.80. The molecule has 1 heterocycles. The molecule has 2 heteroatoms. The number of morpholine rings is 1. The zero-order chi connectivity index (χ0) is 10.0. The van der Waals surface area contributed by atoms with Crippen molar-refractivity contribution < 1.29 is 4.74 Å². The van der Waals surface area contributed by atoms with Gasteiger partial charge in [-0.1, -0.05) is 20.3 Å². The summed E-state index contributed by atoms with van der Waals surface area (Å²) in [6, 6.07) is 0. The Morgan fingerprint density at radius 3 is 2.64 bits per heavy atom. The normalized spacial score (nSPS) is 39.4. The number of ether oxygens (including phenoxy) is 1. The molecule has 1 N–H and O–H groups in total. The minimum Gasteiger partial charge on any atom is -0.369 e. The summed E-state index contributed by atoms with van der Waals surface area (Å²) in [6.07, 6.45) is 6.93. The molecule has 0 aromatic rings. The van der Waals surface area contributed by atoms with E-state index in [-0.39, 0.29) is 5.60 Å². The number of hydrogen-bond donors (Lipinski definition) is 1. The van der Waals surface area contributed by atoms with E-state index in [0.29, 0.717) is 6.10 Å². The SMILES string of the molecule is CCC1CNCC(CC)(C2CCC2)O1. The molecule has 2 aliphatic rings. The van der Waals surface area contributed by atoms with Crippen LogP contribution in [0.15, 0.2) is 0 Å². The van der Waals surface area contributed by atoms with Gasteiger partial charge in [0.05, 0.1) is 11.7 Å². The van der Waals surface area contributed by atoms with Crippen LogP contribution in [0.3, 0.4) is 0 Å². The van der Waals surface area contributed by atoms with E-state index < -0.39 is 0 Å². The van der Waals surface area contributed by atoms with Gasteiger partial charge in [0.2, 0.25) is 0 Å². The smallest absolute Gasteiger partial charge is 0.0836 e. The zero-order valence-electron chi connectivity index (χ0n) is 9.51. The second-order valence-corrected chi connectivity index (χ2v) is 4.83. The predicted molar refractivity (Wildman–Crippen MR) is 58.4 cm³/mol. The van der Waals surface area contributed by atoms with Crippen LogP contribution in [0.4, 0.5) is 0 Å². The van der Waals surface area contributed by atoms with Gasteiger partial charge < -0.3 is 10.1 Å². The van der Waals surface area contributed by atoms with Gasteiger partial charge in [-0.3, -0.25) is 0 Å². The summed E-state index contributed by atoms with van der Waals surface area (Å²) in [4.78, 5) is 0. The third-order valence-corrected chi connectivity index (χ3v) is 4.10. The van der Waals surface area contributed by atoms with Gasteiger partial charge in [-0.25, -0.2) is 0 Å². The van der Waals surface area contributed by atoms with E-state index in [9.17, 15) is 0 Å². The van der Waals surface area contributed by atoms with Crippen molar-refractivity contribution in [1.29, 1.82) is 0 Å². The average Bonchev–Trinajstić information content (AvgIpc) is 2.15. The topological polar surface area (TPSA) is 21.3 Å². The summed E-state index contributed by atoms with van der Waals surface area (Å²) in [5, 5.41) is 3.55. The van der Waals surface area contributed by atoms with Crippen LogP contribution in [0.2, 0.25) is 0 Å². The lowest BCUT2D eigenvalue weighted by Gasteiger charge is -2.49. The van der Waals surface area contributed by atoms with Gasteiger partial charge in [-0.15, -0.1) is 0 Å². The molecule has 0 amide bonds. The molecule has 2 unspecified atom stereocenters. The van der Waals surface area contributed by atoms with Crippen LogP contribution in [0.5, 0.6) is 0 Å². The fourth-order valence-electron chi connectivity index (χ4n) is 2.76. The molecule has 0 bridgehead atoms. The van der Waals surface area contributed by atoms with Gasteiger partial charge in [0, 0.05) is 13.1 Å². The maximum absolute atomic E-state index is 6.31. The molecule has 14 heavy (non-hydrogen) atoms. The van der Waals surface area contributed by atoms with Gasteiger partial charge >= 0.3 is 0 Å². The Kier molecular flexibility index (Phi) is 3.13. The molecule has 0 aromatic carbocycles. The van der Waals surface area contributed by atoms with Gasteiger partial charge in [-0.2, -0.15) is 0 Å². The molecule has 2 fully saturated rings. The number of nitrogens with one attached hydrogen (secondary N) is 1. The van der Waals surface area contributed by atoms with Crippen molar-refractivity contribution in [3.8, 4) is 0 Å². The number of rotatable bonds is 3. The summed E-state index contributed by atoms with van der Waals surface area (Å²) >= 11 is 0. The predicted octanol–water partition coefficient (Wildman–Crippen LogP) is 2.33. The Morgan fingerprint density at radius 2 is 2.14 bits per heavy atom. The lowest BCUT2D eigenvalue weighted by molar-refractivity contribution is -0.165. The van der Waals surface area contributed by atoms with E-state index >= 15 is 0 Å². The maximum Gasteiger partial charge on any atom is 0.0836 e. The van der Waals surface area contributed by atoms with E-state index in [1.165, 1.54) is 25.7 Å². The van der Waals surface area contributed by atoms with Crippen LogP contribution < -0.4 is 5.32 Å². The minimum absolute atomic E-state index is 0.178. The minimum atomic E-state index is 0.178. The standard InChI is InChI=1S/C12H23NO/c1-3-11-8-13-9-12(4-2,14-11)10-6-5-7-10/h10-11,13H,3-9H2,1-2H3. The highest BCUT2D eigenvalue weighted by molar-refractivity contribution is 4.96. The summed E-state index contributed by atoms with van der Waals surface area (Å²) in [5.41, 5.74) is 0.178. The van der Waals surface area contributed by atoms with E-state index in [1.807, 2.05) is 0 Å². The van der Waals surface area contributed by atoms with Crippen LogP contribution in [0.1, 0.15) is 46.0 Å². The zero-order valence-corrected chi connectivity index (χ0v) is 9.51. The lowest BCUT2D eigenvalue weighted by atomic mass is 9.70. The van der Waals surface area contributed by atoms with Crippen molar-refractivity contribution >= 4 is 0 Å². The summed E-state index contributed by atoms with van der Waals surface area (Å²) in [5.74, 6) is 0.828. The van der Waals surface area contributed by atoms with Crippen LogP contribution in [-0.4, -0.2) is 24.8 Å². The second kappa shape index (κ2) is 4.19. The molecule has 1 saturated heterocycles. The Balaban J connectivity index is 2.02. The molecule has 2 nitrogen and oxygen atoms in total. The molecular weight excluding hydrogens is 174 g/mol. The highest BCUT2D eigenvalue weighted by Crippen LogP contribution is 2.42. The quantitative estimate of drug-likeness (QED) is 0.750. The van der Waals surface area contributed by atoms with Crippen molar-refractivity contribution in [2.75, 3.05) is 13.1 Å². The number of hydrogen-bond acceptors (Lipinski definition) is 2. The maximum atomic E-state index is 6.31. The summed E-state index contributed by atoms with van der Waals surface area (Å²) < 4.78 is 6.31. The molecule has 1 aliphatic heterocycles. The van der Waals surface area contributed by atoms with Gasteiger partial charge in [0.1, 0.15) is 0 Å². The fraction of sp³-hybridized carbons (Fsp3) is 1.00. The lowest BCUT2D eigenvalue weighted by Crippen LogP contribution is -2.58. The molecule has 2 rings (SSSR count). The molecule has 1 saturated carbocycles. The average molecular weight is 197 g/mol. The summed E-state index contributed by atoms with van der Waals surface area (Å²) in [7, 11) is 0. The van der Waals surface area contributed by atoms with Crippen LogP contribution in [-0.2, 0) is 4.74 Å². The molecule has 0 spiro atoms. The first-order valence-electron chi connectivity index (χ1n) is 6.19. The molecular formula is C12H23NO. The largest absolute Gasteiger partial charge is 0.369 e. The van der Waals surface area contributed by atoms with Gasteiger partial charge in [0.15, 0.2) is 0 Å². The third-order valence-electron chi connectivity index (χ3n) is 4.10. The van der Waals surface area contributed by atoms with Crippen molar-refractivity contribution in [2.24, 2.45) is 5.92 Å². The first kappa shape index (κ1) is 10.4. The van der Waals surface area contributed by atoms with Gasteiger partial charge in [0.25, 0.3) is 0 Å². The van der Waals surface area contributed by atoms with Crippen molar-refractivity contribution in [3.63, 3.8) is 0 Å².